The number of hydrogen-bond acceptors (Lipinski definition) is 6. The molecule has 0 spiro atoms. The van der Waals surface area contributed by atoms with Gasteiger partial charge in [-0.15, -0.1) is 0 Å². The van der Waals surface area contributed by atoms with Crippen LogP contribution in [-0.2, 0) is 4.74 Å². The van der Waals surface area contributed by atoms with Crippen molar-refractivity contribution in [2.75, 3.05) is 43.6 Å². The van der Waals surface area contributed by atoms with Crippen LogP contribution in [0, 0.1) is 0 Å². The van der Waals surface area contributed by atoms with Crippen molar-refractivity contribution in [3.05, 3.63) is 84.7 Å². The Kier molecular flexibility index (Phi) is 6.22. The molecule has 0 atom stereocenters. The quantitative estimate of drug-likeness (QED) is 0.473. The Morgan fingerprint density at radius 2 is 1.76 bits per heavy atom. The molecule has 4 aromatic rings. The molecule has 1 aliphatic rings. The predicted molar refractivity (Wildman–Crippen MR) is 131 cm³/mol. The van der Waals surface area contributed by atoms with E-state index in [1.165, 1.54) is 0 Å². The van der Waals surface area contributed by atoms with Gasteiger partial charge in [0, 0.05) is 18.7 Å². The standard InChI is InChI=1S/C26H25N5O3/c1-33-22-10-7-19(8-11-22)24-17-23(29-31(24)21-5-3-2-4-6-21)26(32)28-20-9-12-25(27-18-20)30-13-15-34-16-14-30/h2-12,17-18H,13-16H2,1H3,(H,28,32). The summed E-state index contributed by atoms with van der Waals surface area (Å²) >= 11 is 0. The number of benzene rings is 2. The molecule has 2 aromatic heterocycles. The molecule has 8 nitrogen and oxygen atoms in total. The number of ether oxygens (including phenoxy) is 2. The average molecular weight is 456 g/mol. The number of anilines is 2. The first kappa shape index (κ1) is 21.7. The Balaban J connectivity index is 1.40. The third-order valence-corrected chi connectivity index (χ3v) is 5.67. The van der Waals surface area contributed by atoms with Crippen molar-refractivity contribution in [2.24, 2.45) is 0 Å². The number of nitrogens with one attached hydrogen (secondary N) is 1. The van der Waals surface area contributed by atoms with Gasteiger partial charge in [0.25, 0.3) is 5.91 Å². The number of rotatable bonds is 6. The van der Waals surface area contributed by atoms with E-state index in [2.05, 4.69) is 20.3 Å². The number of nitrogens with zero attached hydrogens (tertiary/aromatic N) is 4. The van der Waals surface area contributed by atoms with E-state index in [0.717, 1.165) is 41.6 Å². The summed E-state index contributed by atoms with van der Waals surface area (Å²) in [7, 11) is 1.63. The van der Waals surface area contributed by atoms with E-state index >= 15 is 0 Å². The van der Waals surface area contributed by atoms with E-state index in [1.807, 2.05) is 66.7 Å². The molecule has 1 amide bonds. The molecule has 1 N–H and O–H groups in total. The van der Waals surface area contributed by atoms with Crippen LogP contribution in [0.2, 0.25) is 0 Å². The Morgan fingerprint density at radius 3 is 2.44 bits per heavy atom. The first-order valence-corrected chi connectivity index (χ1v) is 11.1. The second-order valence-corrected chi connectivity index (χ2v) is 7.85. The highest BCUT2D eigenvalue weighted by atomic mass is 16.5. The summed E-state index contributed by atoms with van der Waals surface area (Å²) in [6.45, 7) is 3.01. The fourth-order valence-electron chi connectivity index (χ4n) is 3.86. The molecule has 34 heavy (non-hydrogen) atoms. The van der Waals surface area contributed by atoms with Gasteiger partial charge in [0.2, 0.25) is 0 Å². The van der Waals surface area contributed by atoms with Crippen molar-refractivity contribution in [2.45, 2.75) is 0 Å². The zero-order valence-corrected chi connectivity index (χ0v) is 18.8. The third kappa shape index (κ3) is 4.62. The van der Waals surface area contributed by atoms with Crippen molar-refractivity contribution < 1.29 is 14.3 Å². The third-order valence-electron chi connectivity index (χ3n) is 5.67. The maximum atomic E-state index is 13.1. The molecular formula is C26H25N5O3. The SMILES string of the molecule is COc1ccc(-c2cc(C(=O)Nc3ccc(N4CCOCC4)nc3)nn2-c2ccccc2)cc1. The lowest BCUT2D eigenvalue weighted by molar-refractivity contribution is 0.102. The van der Waals surface area contributed by atoms with Crippen LogP contribution in [0.3, 0.4) is 0 Å². The Labute approximate surface area is 197 Å². The molecule has 3 heterocycles. The van der Waals surface area contributed by atoms with Gasteiger partial charge < -0.3 is 19.7 Å². The van der Waals surface area contributed by atoms with Gasteiger partial charge in [0.05, 0.1) is 43.6 Å². The summed E-state index contributed by atoms with van der Waals surface area (Å²) < 4.78 is 12.4. The van der Waals surface area contributed by atoms with E-state index < -0.39 is 0 Å². The minimum atomic E-state index is -0.301. The van der Waals surface area contributed by atoms with Gasteiger partial charge in [0.1, 0.15) is 11.6 Å². The van der Waals surface area contributed by atoms with E-state index in [0.29, 0.717) is 24.6 Å². The zero-order valence-electron chi connectivity index (χ0n) is 18.8. The second kappa shape index (κ2) is 9.76. The fraction of sp³-hybridized carbons (Fsp3) is 0.192. The van der Waals surface area contributed by atoms with Crippen molar-refractivity contribution in [1.29, 1.82) is 0 Å². The lowest BCUT2D eigenvalue weighted by Crippen LogP contribution is -2.36. The number of amides is 1. The molecular weight excluding hydrogens is 430 g/mol. The molecule has 0 saturated carbocycles. The van der Waals surface area contributed by atoms with E-state index in [-0.39, 0.29) is 5.91 Å². The van der Waals surface area contributed by atoms with Gasteiger partial charge in [-0.05, 0) is 54.6 Å². The van der Waals surface area contributed by atoms with Gasteiger partial charge in [-0.1, -0.05) is 18.2 Å². The number of aromatic nitrogens is 3. The van der Waals surface area contributed by atoms with Gasteiger partial charge in [-0.25, -0.2) is 9.67 Å². The largest absolute Gasteiger partial charge is 0.497 e. The van der Waals surface area contributed by atoms with E-state index in [9.17, 15) is 4.79 Å². The highest BCUT2D eigenvalue weighted by Gasteiger charge is 2.18. The topological polar surface area (TPSA) is 81.5 Å². The molecule has 1 fully saturated rings. The van der Waals surface area contributed by atoms with Gasteiger partial charge in [-0.2, -0.15) is 5.10 Å². The molecule has 2 aromatic carbocycles. The first-order chi connectivity index (χ1) is 16.7. The van der Waals surface area contributed by atoms with Gasteiger partial charge in [-0.3, -0.25) is 4.79 Å². The number of pyridine rings is 1. The maximum Gasteiger partial charge on any atom is 0.276 e. The van der Waals surface area contributed by atoms with Crippen molar-refractivity contribution in [3.8, 4) is 22.7 Å². The van der Waals surface area contributed by atoms with Crippen LogP contribution in [0.25, 0.3) is 16.9 Å². The maximum absolute atomic E-state index is 13.1. The molecule has 0 unspecified atom stereocenters. The van der Waals surface area contributed by atoms with Crippen molar-refractivity contribution in [3.63, 3.8) is 0 Å². The summed E-state index contributed by atoms with van der Waals surface area (Å²) in [6, 6.07) is 23.0. The minimum Gasteiger partial charge on any atom is -0.497 e. The van der Waals surface area contributed by atoms with Crippen LogP contribution in [0.4, 0.5) is 11.5 Å². The van der Waals surface area contributed by atoms with Crippen molar-refractivity contribution in [1.82, 2.24) is 14.8 Å². The molecule has 1 aliphatic heterocycles. The molecule has 0 bridgehead atoms. The number of carbonyl (C=O) groups excluding carboxylic acids is 1. The predicted octanol–water partition coefficient (Wildman–Crippen LogP) is 4.03. The summed E-state index contributed by atoms with van der Waals surface area (Å²) in [5.74, 6) is 1.34. The molecule has 172 valence electrons. The first-order valence-electron chi connectivity index (χ1n) is 11.1. The van der Waals surface area contributed by atoms with Crippen LogP contribution >= 0.6 is 0 Å². The van der Waals surface area contributed by atoms with Gasteiger partial charge >= 0.3 is 0 Å². The monoisotopic (exact) mass is 455 g/mol. The van der Waals surface area contributed by atoms with Crippen LogP contribution in [0.15, 0.2) is 79.0 Å². The number of carbonyl (C=O) groups is 1. The summed E-state index contributed by atoms with van der Waals surface area (Å²) in [5.41, 5.74) is 3.52. The summed E-state index contributed by atoms with van der Waals surface area (Å²) in [5, 5.41) is 7.53. The van der Waals surface area contributed by atoms with Gasteiger partial charge in [0.15, 0.2) is 5.69 Å². The van der Waals surface area contributed by atoms with Crippen molar-refractivity contribution >= 4 is 17.4 Å². The number of morpholine rings is 1. The molecule has 1 saturated heterocycles. The van der Waals surface area contributed by atoms with E-state index in [4.69, 9.17) is 9.47 Å². The Bertz CT molecular complexity index is 1250. The fourth-order valence-corrected chi connectivity index (χ4v) is 3.86. The lowest BCUT2D eigenvalue weighted by Gasteiger charge is -2.27. The van der Waals surface area contributed by atoms with Crippen LogP contribution in [-0.4, -0.2) is 54.1 Å². The number of hydrogen-bond donors (Lipinski definition) is 1. The van der Waals surface area contributed by atoms with Crippen LogP contribution < -0.4 is 15.0 Å². The highest BCUT2D eigenvalue weighted by Crippen LogP contribution is 2.26. The second-order valence-electron chi connectivity index (χ2n) is 7.85. The normalized spacial score (nSPS) is 13.5. The highest BCUT2D eigenvalue weighted by molar-refractivity contribution is 6.03. The minimum absolute atomic E-state index is 0.301. The summed E-state index contributed by atoms with van der Waals surface area (Å²) in [6.07, 6.45) is 1.67. The summed E-state index contributed by atoms with van der Waals surface area (Å²) in [4.78, 5) is 19.7. The zero-order chi connectivity index (χ0) is 23.3. The number of methoxy groups -OCH3 is 1. The smallest absolute Gasteiger partial charge is 0.276 e. The van der Waals surface area contributed by atoms with E-state index in [1.54, 1.807) is 24.1 Å². The van der Waals surface area contributed by atoms with Crippen LogP contribution in [0.1, 0.15) is 10.5 Å². The molecule has 8 heteroatoms. The lowest BCUT2D eigenvalue weighted by atomic mass is 10.1. The molecule has 5 rings (SSSR count). The molecule has 0 radical (unpaired) electrons. The number of para-hydroxylation sites is 1. The average Bonchev–Trinajstić information content (AvgIpc) is 3.36. The Hall–Kier alpha value is -4.17. The Morgan fingerprint density at radius 1 is 1.00 bits per heavy atom. The molecule has 0 aliphatic carbocycles. The van der Waals surface area contributed by atoms with Crippen LogP contribution in [0.5, 0.6) is 5.75 Å².